The smallest absolute Gasteiger partial charge is 0.253 e. The largest absolute Gasteiger partial charge is 0.372 e. The van der Waals surface area contributed by atoms with Gasteiger partial charge in [-0.3, -0.25) is 4.79 Å². The van der Waals surface area contributed by atoms with Gasteiger partial charge in [-0.1, -0.05) is 0 Å². The van der Waals surface area contributed by atoms with Crippen molar-refractivity contribution >= 4 is 5.82 Å². The van der Waals surface area contributed by atoms with E-state index in [0.29, 0.717) is 11.5 Å². The molecule has 3 rings (SSSR count). The molecule has 0 amide bonds. The van der Waals surface area contributed by atoms with Gasteiger partial charge in [0, 0.05) is 25.7 Å². The third-order valence-electron chi connectivity index (χ3n) is 3.62. The molecule has 0 fully saturated rings. The van der Waals surface area contributed by atoms with Gasteiger partial charge in [0.05, 0.1) is 23.3 Å². The van der Waals surface area contributed by atoms with Crippen LogP contribution in [0.15, 0.2) is 41.5 Å². The molecule has 0 radical (unpaired) electrons. The molecule has 0 aliphatic heterocycles. The minimum absolute atomic E-state index is 0.0188. The Labute approximate surface area is 141 Å². The van der Waals surface area contributed by atoms with Crippen molar-refractivity contribution in [3.05, 3.63) is 52.8 Å². The fraction of sp³-hybridized carbons (Fsp3) is 0.125. The quantitative estimate of drug-likeness (QED) is 0.551. The van der Waals surface area contributed by atoms with E-state index in [0.717, 1.165) is 6.07 Å². The molecule has 0 saturated heterocycles. The Balaban J connectivity index is 2.12. The zero-order chi connectivity index (χ0) is 18.0. The van der Waals surface area contributed by atoms with E-state index in [1.54, 1.807) is 19.2 Å². The first kappa shape index (κ1) is 16.5. The van der Waals surface area contributed by atoms with Gasteiger partial charge in [-0.25, -0.2) is 14.6 Å². The van der Waals surface area contributed by atoms with Crippen LogP contribution in [-0.4, -0.2) is 32.1 Å². The molecule has 128 valence electrons. The van der Waals surface area contributed by atoms with E-state index in [1.807, 2.05) is 0 Å². The van der Waals surface area contributed by atoms with Crippen molar-refractivity contribution in [3.63, 3.8) is 0 Å². The van der Waals surface area contributed by atoms with Crippen molar-refractivity contribution in [2.45, 2.75) is 0 Å². The summed E-state index contributed by atoms with van der Waals surface area (Å²) in [6, 6.07) is 6.84. The Bertz CT molecular complexity index is 972. The second kappa shape index (κ2) is 6.65. The fourth-order valence-corrected chi connectivity index (χ4v) is 2.24. The van der Waals surface area contributed by atoms with Gasteiger partial charge >= 0.3 is 0 Å². The number of benzene rings is 1. The number of rotatable bonds is 4. The van der Waals surface area contributed by atoms with Crippen LogP contribution in [0.3, 0.4) is 0 Å². The van der Waals surface area contributed by atoms with Crippen LogP contribution in [0.4, 0.5) is 10.2 Å². The minimum atomic E-state index is -0.643. The Hall–Kier alpha value is -3.33. The van der Waals surface area contributed by atoms with Gasteiger partial charge in [-0.15, -0.1) is 10.2 Å². The Kier molecular flexibility index (Phi) is 4.40. The molecular formula is C16H14FN5O3. The zero-order valence-corrected chi connectivity index (χ0v) is 13.4. The summed E-state index contributed by atoms with van der Waals surface area (Å²) in [5, 5.41) is 19.9. The number of anilines is 1. The molecule has 25 heavy (non-hydrogen) atoms. The lowest BCUT2D eigenvalue weighted by Gasteiger charge is -2.10. The summed E-state index contributed by atoms with van der Waals surface area (Å²) in [5.41, 5.74) is 0.328. The standard InChI is InChI=1S/C16H14FN5O3/c1-18-15-4-3-12(20-21-15)10-5-11(17)9(6-14(10)25-24)13-7-16(23)22(2)8-19-13/h3-8,24H,1-2H3,(H,18,21). The second-order valence-electron chi connectivity index (χ2n) is 5.20. The van der Waals surface area contributed by atoms with Crippen LogP contribution in [0.2, 0.25) is 0 Å². The van der Waals surface area contributed by atoms with Crippen LogP contribution in [0.25, 0.3) is 22.5 Å². The van der Waals surface area contributed by atoms with E-state index >= 15 is 0 Å². The summed E-state index contributed by atoms with van der Waals surface area (Å²) >= 11 is 0. The molecule has 9 heteroatoms. The molecule has 0 atom stereocenters. The van der Waals surface area contributed by atoms with E-state index < -0.39 is 5.82 Å². The monoisotopic (exact) mass is 343 g/mol. The predicted molar refractivity (Wildman–Crippen MR) is 88.7 cm³/mol. The lowest BCUT2D eigenvalue weighted by molar-refractivity contribution is -0.137. The normalized spacial score (nSPS) is 10.6. The third-order valence-corrected chi connectivity index (χ3v) is 3.62. The highest BCUT2D eigenvalue weighted by molar-refractivity contribution is 5.73. The number of aryl methyl sites for hydroxylation is 1. The zero-order valence-electron chi connectivity index (χ0n) is 13.4. The molecule has 0 spiro atoms. The summed E-state index contributed by atoms with van der Waals surface area (Å²) in [6.45, 7) is 0. The van der Waals surface area contributed by atoms with Gasteiger partial charge in [0.2, 0.25) is 0 Å². The van der Waals surface area contributed by atoms with Crippen molar-refractivity contribution in [2.75, 3.05) is 12.4 Å². The number of aromatic nitrogens is 4. The molecule has 0 bridgehead atoms. The van der Waals surface area contributed by atoms with Crippen molar-refractivity contribution in [1.82, 2.24) is 19.7 Å². The maximum absolute atomic E-state index is 14.6. The van der Waals surface area contributed by atoms with Crippen LogP contribution >= 0.6 is 0 Å². The molecule has 0 aliphatic carbocycles. The molecule has 2 aromatic heterocycles. The average molecular weight is 343 g/mol. The van der Waals surface area contributed by atoms with Gasteiger partial charge < -0.3 is 14.8 Å². The van der Waals surface area contributed by atoms with Gasteiger partial charge in [-0.05, 0) is 24.3 Å². The molecule has 0 saturated carbocycles. The van der Waals surface area contributed by atoms with Gasteiger partial charge in [0.15, 0.2) is 5.75 Å². The first-order valence-corrected chi connectivity index (χ1v) is 7.23. The number of hydrogen-bond acceptors (Lipinski definition) is 7. The van der Waals surface area contributed by atoms with E-state index in [1.165, 1.54) is 30.1 Å². The van der Waals surface area contributed by atoms with E-state index in [-0.39, 0.29) is 28.1 Å². The first-order valence-electron chi connectivity index (χ1n) is 7.23. The molecule has 0 aliphatic rings. The molecular weight excluding hydrogens is 329 g/mol. The van der Waals surface area contributed by atoms with Crippen LogP contribution in [0.5, 0.6) is 5.75 Å². The predicted octanol–water partition coefficient (Wildman–Crippen LogP) is 1.94. The third kappa shape index (κ3) is 3.17. The van der Waals surface area contributed by atoms with E-state index in [4.69, 9.17) is 0 Å². The highest BCUT2D eigenvalue weighted by Crippen LogP contribution is 2.34. The van der Waals surface area contributed by atoms with Crippen LogP contribution in [0, 0.1) is 5.82 Å². The van der Waals surface area contributed by atoms with E-state index in [9.17, 15) is 14.4 Å². The van der Waals surface area contributed by atoms with Gasteiger partial charge in [-0.2, -0.15) is 0 Å². The van der Waals surface area contributed by atoms with Crippen molar-refractivity contribution in [3.8, 4) is 28.3 Å². The number of hydrogen-bond donors (Lipinski definition) is 2. The first-order chi connectivity index (χ1) is 12.0. The molecule has 2 heterocycles. The Morgan fingerprint density at radius 1 is 1.16 bits per heavy atom. The molecule has 3 aromatic rings. The summed E-state index contributed by atoms with van der Waals surface area (Å²) in [4.78, 5) is 20.1. The topological polar surface area (TPSA) is 102 Å². The maximum atomic E-state index is 14.6. The Morgan fingerprint density at radius 3 is 2.56 bits per heavy atom. The summed E-state index contributed by atoms with van der Waals surface area (Å²) in [7, 11) is 3.23. The lowest BCUT2D eigenvalue weighted by Crippen LogP contribution is -2.16. The summed E-state index contributed by atoms with van der Waals surface area (Å²) in [6.07, 6.45) is 1.28. The maximum Gasteiger partial charge on any atom is 0.253 e. The molecule has 2 N–H and O–H groups in total. The van der Waals surface area contributed by atoms with Gasteiger partial charge in [0.1, 0.15) is 11.6 Å². The van der Waals surface area contributed by atoms with E-state index in [2.05, 4.69) is 25.4 Å². The fourth-order valence-electron chi connectivity index (χ4n) is 2.24. The van der Waals surface area contributed by atoms with Crippen LogP contribution < -0.4 is 15.8 Å². The van der Waals surface area contributed by atoms with Crippen molar-refractivity contribution < 1.29 is 14.5 Å². The summed E-state index contributed by atoms with van der Waals surface area (Å²) < 4.78 is 15.8. The van der Waals surface area contributed by atoms with Crippen LogP contribution in [0.1, 0.15) is 0 Å². The number of nitrogens with one attached hydrogen (secondary N) is 1. The summed E-state index contributed by atoms with van der Waals surface area (Å²) in [5.74, 6) is -0.141. The van der Waals surface area contributed by atoms with Crippen molar-refractivity contribution in [2.24, 2.45) is 7.05 Å². The SMILES string of the molecule is CNc1ccc(-c2cc(F)c(-c3cc(=O)n(C)cn3)cc2OO)nn1. The highest BCUT2D eigenvalue weighted by atomic mass is 19.1. The molecule has 8 nitrogen and oxygen atoms in total. The van der Waals surface area contributed by atoms with Crippen molar-refractivity contribution in [1.29, 1.82) is 0 Å². The Morgan fingerprint density at radius 2 is 1.96 bits per heavy atom. The number of nitrogens with zero attached hydrogens (tertiary/aromatic N) is 4. The average Bonchev–Trinajstić information content (AvgIpc) is 2.64. The molecule has 1 aromatic carbocycles. The lowest BCUT2D eigenvalue weighted by atomic mass is 10.0. The number of halogens is 1. The second-order valence-corrected chi connectivity index (χ2v) is 5.20. The van der Waals surface area contributed by atoms with Crippen LogP contribution in [-0.2, 0) is 7.05 Å². The molecule has 0 unspecified atom stereocenters. The van der Waals surface area contributed by atoms with Gasteiger partial charge in [0.25, 0.3) is 5.56 Å². The minimum Gasteiger partial charge on any atom is -0.372 e. The highest BCUT2D eigenvalue weighted by Gasteiger charge is 2.17.